The van der Waals surface area contributed by atoms with Crippen molar-refractivity contribution in [3.63, 3.8) is 0 Å². The first-order valence-corrected chi connectivity index (χ1v) is 10.6. The van der Waals surface area contributed by atoms with Crippen molar-refractivity contribution in [2.75, 3.05) is 45.7 Å². The lowest BCUT2D eigenvalue weighted by molar-refractivity contribution is -0.118. The lowest BCUT2D eigenvalue weighted by Gasteiger charge is -2.35. The molecule has 0 saturated carbocycles. The summed E-state index contributed by atoms with van der Waals surface area (Å²) in [6, 6.07) is 15.7. The number of hydrogen-bond acceptors (Lipinski definition) is 5. The molecule has 7 heteroatoms. The van der Waals surface area contributed by atoms with E-state index in [9.17, 15) is 4.79 Å². The van der Waals surface area contributed by atoms with Crippen molar-refractivity contribution in [2.45, 2.75) is 10.9 Å². The number of thioether (sulfide) groups is 1. The maximum absolute atomic E-state index is 12.4. The largest absolute Gasteiger partial charge is 0.497 e. The number of hydrogen-bond donors (Lipinski definition) is 1. The highest BCUT2D eigenvalue weighted by Crippen LogP contribution is 2.24. The number of benzene rings is 2. The number of methoxy groups -OCH3 is 1. The summed E-state index contributed by atoms with van der Waals surface area (Å²) in [5.74, 6) is 1.21. The molecule has 3 rings (SSSR count). The fourth-order valence-electron chi connectivity index (χ4n) is 3.11. The van der Waals surface area contributed by atoms with Crippen LogP contribution in [0.2, 0.25) is 5.02 Å². The van der Waals surface area contributed by atoms with Gasteiger partial charge in [0, 0.05) is 29.6 Å². The average Bonchev–Trinajstić information content (AvgIpc) is 2.75. The van der Waals surface area contributed by atoms with Crippen LogP contribution in [0, 0.1) is 0 Å². The highest BCUT2D eigenvalue weighted by Gasteiger charge is 2.23. The molecule has 1 amide bonds. The molecule has 0 bridgehead atoms. The van der Waals surface area contributed by atoms with Crippen LogP contribution in [0.15, 0.2) is 53.4 Å². The molecule has 0 aliphatic carbocycles. The number of nitrogens with one attached hydrogen (secondary N) is 1. The van der Waals surface area contributed by atoms with Crippen LogP contribution in [0.3, 0.4) is 0 Å². The fourth-order valence-corrected chi connectivity index (χ4v) is 3.97. The van der Waals surface area contributed by atoms with Gasteiger partial charge in [0.15, 0.2) is 0 Å². The second kappa shape index (κ2) is 10.7. The Hall–Kier alpha value is -1.73. The van der Waals surface area contributed by atoms with Gasteiger partial charge in [0.1, 0.15) is 5.75 Å². The Balaban J connectivity index is 1.55. The van der Waals surface area contributed by atoms with E-state index in [1.54, 1.807) is 7.11 Å². The van der Waals surface area contributed by atoms with Crippen LogP contribution >= 0.6 is 23.4 Å². The number of morpholine rings is 1. The van der Waals surface area contributed by atoms with Gasteiger partial charge in [-0.2, -0.15) is 0 Å². The molecule has 1 fully saturated rings. The first-order chi connectivity index (χ1) is 13.7. The van der Waals surface area contributed by atoms with Crippen molar-refractivity contribution in [1.82, 2.24) is 10.2 Å². The molecule has 1 heterocycles. The zero-order valence-electron chi connectivity index (χ0n) is 15.9. The number of carbonyl (C=O) groups excluding carboxylic acids is 1. The molecule has 28 heavy (non-hydrogen) atoms. The van der Waals surface area contributed by atoms with Crippen molar-refractivity contribution < 1.29 is 14.3 Å². The summed E-state index contributed by atoms with van der Waals surface area (Å²) in [7, 11) is 1.64. The maximum Gasteiger partial charge on any atom is 0.230 e. The van der Waals surface area contributed by atoms with Crippen molar-refractivity contribution in [2.24, 2.45) is 0 Å². The predicted octanol–water partition coefficient (Wildman–Crippen LogP) is 3.63. The highest BCUT2D eigenvalue weighted by molar-refractivity contribution is 8.00. The summed E-state index contributed by atoms with van der Waals surface area (Å²) >= 11 is 7.55. The molecule has 1 atom stereocenters. The van der Waals surface area contributed by atoms with Crippen LogP contribution in [-0.4, -0.2) is 56.5 Å². The van der Waals surface area contributed by atoms with Crippen LogP contribution in [0.1, 0.15) is 11.6 Å². The summed E-state index contributed by atoms with van der Waals surface area (Å²) in [6.07, 6.45) is 0. The Morgan fingerprint density at radius 1 is 1.18 bits per heavy atom. The number of amides is 1. The summed E-state index contributed by atoms with van der Waals surface area (Å²) < 4.78 is 10.6. The number of carbonyl (C=O) groups is 1. The summed E-state index contributed by atoms with van der Waals surface area (Å²) in [5.41, 5.74) is 1.15. The maximum atomic E-state index is 12.4. The van der Waals surface area contributed by atoms with E-state index >= 15 is 0 Å². The molecule has 1 N–H and O–H groups in total. The van der Waals surface area contributed by atoms with Gasteiger partial charge in [0.05, 0.1) is 32.1 Å². The van der Waals surface area contributed by atoms with Crippen molar-refractivity contribution >= 4 is 29.3 Å². The molecule has 0 radical (unpaired) electrons. The Bertz CT molecular complexity index is 749. The minimum Gasteiger partial charge on any atom is -0.497 e. The van der Waals surface area contributed by atoms with Crippen LogP contribution in [0.4, 0.5) is 0 Å². The second-order valence-electron chi connectivity index (χ2n) is 6.48. The third-order valence-electron chi connectivity index (χ3n) is 4.66. The van der Waals surface area contributed by atoms with Gasteiger partial charge >= 0.3 is 0 Å². The lowest BCUT2D eigenvalue weighted by atomic mass is 10.0. The fraction of sp³-hybridized carbons (Fsp3) is 0.381. The van der Waals surface area contributed by atoms with E-state index in [-0.39, 0.29) is 11.9 Å². The van der Waals surface area contributed by atoms with E-state index in [1.807, 2.05) is 48.5 Å². The molecule has 2 aromatic rings. The van der Waals surface area contributed by atoms with E-state index in [0.29, 0.717) is 30.5 Å². The third kappa shape index (κ3) is 6.14. The minimum absolute atomic E-state index is 0.0213. The molecule has 1 aliphatic heterocycles. The molecule has 0 aromatic heterocycles. The number of nitrogens with zero attached hydrogens (tertiary/aromatic N) is 1. The first kappa shape index (κ1) is 21.0. The van der Waals surface area contributed by atoms with Gasteiger partial charge < -0.3 is 14.8 Å². The topological polar surface area (TPSA) is 50.8 Å². The molecule has 1 unspecified atom stereocenters. The SMILES string of the molecule is COc1ccc(SCC(=O)NCC(c2ccc(Cl)cc2)N2CCOCC2)cc1. The number of rotatable bonds is 8. The Morgan fingerprint density at radius 3 is 2.50 bits per heavy atom. The van der Waals surface area contributed by atoms with Gasteiger partial charge in [-0.15, -0.1) is 11.8 Å². The van der Waals surface area contributed by atoms with Crippen LogP contribution < -0.4 is 10.1 Å². The standard InChI is InChI=1S/C21H25ClN2O3S/c1-26-18-6-8-19(9-7-18)28-15-21(25)23-14-20(24-10-12-27-13-11-24)16-2-4-17(22)5-3-16/h2-9,20H,10-15H2,1H3,(H,23,25). The van der Waals surface area contributed by atoms with Crippen LogP contribution in [-0.2, 0) is 9.53 Å². The van der Waals surface area contributed by atoms with Crippen molar-refractivity contribution in [3.05, 3.63) is 59.1 Å². The molecule has 2 aromatic carbocycles. The molecule has 1 saturated heterocycles. The Morgan fingerprint density at radius 2 is 1.86 bits per heavy atom. The third-order valence-corrected chi connectivity index (χ3v) is 5.93. The summed E-state index contributed by atoms with van der Waals surface area (Å²) in [5, 5.41) is 3.80. The number of ether oxygens (including phenoxy) is 2. The minimum atomic E-state index is 0.0213. The van der Waals surface area contributed by atoms with Crippen molar-refractivity contribution in [1.29, 1.82) is 0 Å². The second-order valence-corrected chi connectivity index (χ2v) is 7.97. The average molecular weight is 421 g/mol. The van der Waals surface area contributed by atoms with Gasteiger partial charge in [-0.3, -0.25) is 9.69 Å². The molecule has 150 valence electrons. The Kier molecular flexibility index (Phi) is 8.03. The van der Waals surface area contributed by atoms with Gasteiger partial charge in [0.25, 0.3) is 0 Å². The zero-order chi connectivity index (χ0) is 19.8. The number of halogens is 1. The zero-order valence-corrected chi connectivity index (χ0v) is 17.5. The monoisotopic (exact) mass is 420 g/mol. The molecular weight excluding hydrogens is 396 g/mol. The predicted molar refractivity (Wildman–Crippen MR) is 113 cm³/mol. The van der Waals surface area contributed by atoms with E-state index < -0.39 is 0 Å². The van der Waals surface area contributed by atoms with Gasteiger partial charge in [-0.1, -0.05) is 23.7 Å². The van der Waals surface area contributed by atoms with E-state index in [4.69, 9.17) is 21.1 Å². The lowest BCUT2D eigenvalue weighted by Crippen LogP contribution is -2.44. The molecule has 0 spiro atoms. The summed E-state index contributed by atoms with van der Waals surface area (Å²) in [6.45, 7) is 3.69. The van der Waals surface area contributed by atoms with Gasteiger partial charge in [-0.05, 0) is 42.0 Å². The molecule has 1 aliphatic rings. The van der Waals surface area contributed by atoms with E-state index in [1.165, 1.54) is 11.8 Å². The summed E-state index contributed by atoms with van der Waals surface area (Å²) in [4.78, 5) is 15.8. The first-order valence-electron chi connectivity index (χ1n) is 9.26. The quantitative estimate of drug-likeness (QED) is 0.661. The van der Waals surface area contributed by atoms with Gasteiger partial charge in [0.2, 0.25) is 5.91 Å². The smallest absolute Gasteiger partial charge is 0.230 e. The van der Waals surface area contributed by atoms with Gasteiger partial charge in [-0.25, -0.2) is 0 Å². The Labute approximate surface area is 175 Å². The molecular formula is C21H25ClN2O3S. The normalized spacial score (nSPS) is 15.8. The van der Waals surface area contributed by atoms with Crippen LogP contribution in [0.5, 0.6) is 5.75 Å². The van der Waals surface area contributed by atoms with Crippen LogP contribution in [0.25, 0.3) is 0 Å². The van der Waals surface area contributed by atoms with E-state index in [0.717, 1.165) is 29.3 Å². The highest BCUT2D eigenvalue weighted by atomic mass is 35.5. The van der Waals surface area contributed by atoms with Crippen molar-refractivity contribution in [3.8, 4) is 5.75 Å². The van der Waals surface area contributed by atoms with E-state index in [2.05, 4.69) is 10.2 Å². The molecule has 5 nitrogen and oxygen atoms in total.